The van der Waals surface area contributed by atoms with E-state index >= 15 is 0 Å². The number of rotatable bonds is 13. The number of piperazine rings is 3. The molecule has 0 atom stereocenters. The number of nitrogens with two attached hydrogens (primary N) is 1. The van der Waals surface area contributed by atoms with Crippen LogP contribution >= 0.6 is 15.9 Å². The van der Waals surface area contributed by atoms with Crippen LogP contribution in [0.2, 0.25) is 0 Å². The van der Waals surface area contributed by atoms with Gasteiger partial charge in [0.2, 0.25) is 0 Å². The van der Waals surface area contributed by atoms with Crippen molar-refractivity contribution >= 4 is 73.8 Å². The van der Waals surface area contributed by atoms with Crippen molar-refractivity contribution in [2.45, 2.75) is 40.7 Å². The number of carbonyl (C=O) groups is 3. The van der Waals surface area contributed by atoms with Crippen molar-refractivity contribution in [3.63, 3.8) is 0 Å². The number of halogens is 1. The molecule has 6 rings (SSSR count). The van der Waals surface area contributed by atoms with Crippen LogP contribution in [0, 0.1) is 20.2 Å². The first-order chi connectivity index (χ1) is 27.1. The van der Waals surface area contributed by atoms with Gasteiger partial charge in [0.1, 0.15) is 0 Å². The number of anilines is 1. The molecule has 0 spiro atoms. The van der Waals surface area contributed by atoms with Crippen LogP contribution in [0.3, 0.4) is 0 Å². The zero-order valence-electron chi connectivity index (χ0n) is 31.4. The summed E-state index contributed by atoms with van der Waals surface area (Å²) in [5.41, 5.74) is 10.1. The van der Waals surface area contributed by atoms with Crippen LogP contribution in [-0.4, -0.2) is 153 Å². The van der Waals surface area contributed by atoms with Gasteiger partial charge in [-0.1, -0.05) is 74.6 Å². The SMILES string of the molecule is C.C.C.Nc1ccc(CN2CCN([B]C=O)CC2)cc1.O=C[B]N1CCN(Cc2ccc([N+](=O)[O-])cc2)CC1.O=C[B]N1CCNCC1.O=[N+]([O-])c1ccc(CBr)cc1.[HH]. The molecule has 3 N–H and O–H groups in total. The van der Waals surface area contributed by atoms with E-state index in [4.69, 9.17) is 5.73 Å². The Labute approximate surface area is 362 Å². The first-order valence-corrected chi connectivity index (χ1v) is 19.4. The lowest BCUT2D eigenvalue weighted by atomic mass is 9.93. The molecule has 0 bridgehead atoms. The molecule has 0 unspecified atom stereocenters. The van der Waals surface area contributed by atoms with Crippen LogP contribution in [0.1, 0.15) is 40.4 Å². The van der Waals surface area contributed by atoms with E-state index in [0.717, 1.165) is 132 Å². The lowest BCUT2D eigenvalue weighted by Crippen LogP contribution is -2.47. The topological polar surface area (TPSA) is 192 Å². The van der Waals surface area contributed by atoms with Crippen molar-refractivity contribution in [1.82, 2.24) is 29.5 Å². The van der Waals surface area contributed by atoms with Crippen molar-refractivity contribution in [3.05, 3.63) is 110 Å². The van der Waals surface area contributed by atoms with E-state index in [1.54, 1.807) is 46.5 Å². The molecule has 3 heterocycles. The molecule has 3 radical (unpaired) electrons. The molecule has 3 fully saturated rings. The van der Waals surface area contributed by atoms with Crippen LogP contribution in [0.25, 0.3) is 0 Å². The Morgan fingerprint density at radius 3 is 1.22 bits per heavy atom. The molecule has 0 amide bonds. The molecule has 3 saturated heterocycles. The summed E-state index contributed by atoms with van der Waals surface area (Å²) in [7, 11) is 4.80. The molecule has 59 heavy (non-hydrogen) atoms. The van der Waals surface area contributed by atoms with E-state index in [1.165, 1.54) is 29.8 Å². The summed E-state index contributed by atoms with van der Waals surface area (Å²) in [5, 5.41) is 24.7. The maximum atomic E-state index is 10.6. The van der Waals surface area contributed by atoms with Crippen molar-refractivity contribution in [2.75, 3.05) is 84.3 Å². The van der Waals surface area contributed by atoms with Gasteiger partial charge in [0, 0.05) is 115 Å². The molecule has 321 valence electrons. The highest BCUT2D eigenvalue weighted by molar-refractivity contribution is 9.08. The summed E-state index contributed by atoms with van der Waals surface area (Å²) in [6, 6.07) is 21.1. The maximum absolute atomic E-state index is 10.6. The molecular formula is C39H62B3BrN9O7. The monoisotopic (exact) mass is 880 g/mol. The Morgan fingerprint density at radius 1 is 0.576 bits per heavy atom. The molecule has 20 heteroatoms. The van der Waals surface area contributed by atoms with E-state index < -0.39 is 9.85 Å². The Bertz CT molecular complexity index is 1620. The fourth-order valence-corrected chi connectivity index (χ4v) is 6.17. The number of hydrogen-bond donors (Lipinski definition) is 2. The lowest BCUT2D eigenvalue weighted by Gasteiger charge is -2.33. The van der Waals surface area contributed by atoms with E-state index in [9.17, 15) is 34.6 Å². The Hall–Kier alpha value is -4.30. The highest BCUT2D eigenvalue weighted by Crippen LogP contribution is 2.15. The number of benzene rings is 3. The smallest absolute Gasteiger partial charge is 0.293 e. The number of nitrogen functional groups attached to an aromatic ring is 1. The highest BCUT2D eigenvalue weighted by Gasteiger charge is 2.18. The molecule has 0 aromatic heterocycles. The maximum Gasteiger partial charge on any atom is 0.293 e. The zero-order valence-corrected chi connectivity index (χ0v) is 33.0. The van der Waals surface area contributed by atoms with Crippen molar-refractivity contribution < 1.29 is 25.7 Å². The third-order valence-electron chi connectivity index (χ3n) is 9.02. The molecule has 3 aliphatic rings. The number of nitrogens with one attached hydrogen (secondary N) is 1. The van der Waals surface area contributed by atoms with Crippen molar-refractivity contribution in [1.29, 1.82) is 0 Å². The van der Waals surface area contributed by atoms with Gasteiger partial charge in [-0.2, -0.15) is 0 Å². The number of carbonyl (C=O) groups excluding carboxylic acids is 3. The number of alkyl halides is 1. The van der Waals surface area contributed by atoms with Crippen molar-refractivity contribution in [2.24, 2.45) is 0 Å². The Balaban J connectivity index is 0. The average molecular weight is 881 g/mol. The second-order valence-electron chi connectivity index (χ2n) is 13.0. The molecule has 3 aliphatic heterocycles. The molecule has 3 aromatic rings. The van der Waals surface area contributed by atoms with E-state index in [1.807, 2.05) is 21.8 Å². The van der Waals surface area contributed by atoms with Crippen LogP contribution in [-0.2, 0) is 32.8 Å². The second-order valence-corrected chi connectivity index (χ2v) is 13.5. The second kappa shape index (κ2) is 31.6. The van der Waals surface area contributed by atoms with Gasteiger partial charge in [-0.05, 0) is 41.9 Å². The number of nitrogens with zero attached hydrogens (tertiary/aromatic N) is 7. The minimum absolute atomic E-state index is 0. The lowest BCUT2D eigenvalue weighted by molar-refractivity contribution is -0.385. The van der Waals surface area contributed by atoms with Crippen LogP contribution in [0.15, 0.2) is 72.8 Å². The normalized spacial score (nSPS) is 15.7. The summed E-state index contributed by atoms with van der Waals surface area (Å²) >= 11 is 3.25. The molecule has 0 saturated carbocycles. The van der Waals surface area contributed by atoms with Gasteiger partial charge in [0.25, 0.3) is 33.6 Å². The predicted octanol–water partition coefficient (Wildman–Crippen LogP) is 4.06. The zero-order chi connectivity index (χ0) is 40.5. The van der Waals surface area contributed by atoms with E-state index in [-0.39, 0.29) is 35.1 Å². The van der Waals surface area contributed by atoms with Crippen LogP contribution in [0.4, 0.5) is 17.1 Å². The van der Waals surface area contributed by atoms with E-state index in [2.05, 4.69) is 48.0 Å². The van der Waals surface area contributed by atoms with Gasteiger partial charge in [0.05, 0.1) is 28.4 Å². The minimum atomic E-state index is -0.405. The molecular weight excluding hydrogens is 819 g/mol. The summed E-state index contributed by atoms with van der Waals surface area (Å²) in [6.07, 6.45) is 2.51. The van der Waals surface area contributed by atoms with Gasteiger partial charge in [-0.3, -0.25) is 30.0 Å². The minimum Gasteiger partial charge on any atom is -0.399 e. The van der Waals surface area contributed by atoms with Crippen LogP contribution < -0.4 is 11.1 Å². The predicted molar refractivity (Wildman–Crippen MR) is 248 cm³/mol. The first kappa shape index (κ1) is 54.7. The molecule has 3 aromatic carbocycles. The summed E-state index contributed by atoms with van der Waals surface area (Å²) in [4.78, 5) is 61.4. The van der Waals surface area contributed by atoms with Gasteiger partial charge in [-0.15, -0.1) is 0 Å². The average Bonchev–Trinajstić information content (AvgIpc) is 3.22. The number of nitro groups is 2. The fourth-order valence-electron chi connectivity index (χ4n) is 5.80. The third kappa shape index (κ3) is 22.0. The number of non-ortho nitro benzene ring substituents is 2. The number of hydrogen-bond acceptors (Lipinski definition) is 14. The van der Waals surface area contributed by atoms with Gasteiger partial charge < -0.3 is 39.9 Å². The Kier molecular flexibility index (Phi) is 29.3. The highest BCUT2D eigenvalue weighted by atomic mass is 79.9. The summed E-state index contributed by atoms with van der Waals surface area (Å²) < 4.78 is 0. The van der Waals surface area contributed by atoms with Gasteiger partial charge in [0.15, 0.2) is 0 Å². The van der Waals surface area contributed by atoms with E-state index in [0.29, 0.717) is 0 Å². The van der Waals surface area contributed by atoms with Crippen LogP contribution in [0.5, 0.6) is 0 Å². The van der Waals surface area contributed by atoms with Crippen molar-refractivity contribution in [3.8, 4) is 0 Å². The quantitative estimate of drug-likeness (QED) is 0.0624. The first-order valence-electron chi connectivity index (χ1n) is 18.2. The summed E-state index contributed by atoms with van der Waals surface area (Å²) in [6.45, 7) is 12.9. The number of nitro benzene ring substituents is 2. The largest absolute Gasteiger partial charge is 0.399 e. The summed E-state index contributed by atoms with van der Waals surface area (Å²) in [5.74, 6) is 0. The molecule has 0 aliphatic carbocycles. The van der Waals surface area contributed by atoms with Gasteiger partial charge >= 0.3 is 0 Å². The third-order valence-corrected chi connectivity index (χ3v) is 9.67. The Morgan fingerprint density at radius 2 is 0.898 bits per heavy atom. The standard InChI is InChI=1S/C12H15BN3O3.C12H17BN3O.C7H6BrNO2.C5H10BN2O.3CH4.H2/c17-10-13-15-7-5-14(6-8-15)9-11-1-3-12(4-2-11)16(18)19;14-12-3-1-11(2-4-12)9-15-5-7-16(8-6-15)13-10-17;8-5-6-1-3-7(4-2-6)9(10)11;9-5-6-8-3-1-7-2-4-8;;;;/h1-4,10H,5-9H2;1-4,10H,5-9,14H2;1-4H,5H2;5,7H,1-4H2;3*1H4;1H. The van der Waals surface area contributed by atoms with Gasteiger partial charge in [-0.25, -0.2) is 0 Å². The fraction of sp³-hybridized carbons (Fsp3) is 0.462. The molecule has 16 nitrogen and oxygen atoms in total.